The number of ether oxygens (including phenoxy) is 1. The average Bonchev–Trinajstić information content (AvgIpc) is 3.37. The molecule has 1 unspecified atom stereocenters. The fourth-order valence-corrected chi connectivity index (χ4v) is 3.56. The summed E-state index contributed by atoms with van der Waals surface area (Å²) in [6.07, 6.45) is 2.33. The van der Waals surface area contributed by atoms with Crippen LogP contribution in [0.1, 0.15) is 47.4 Å². The number of pyridine rings is 1. The van der Waals surface area contributed by atoms with Crippen LogP contribution in [0.3, 0.4) is 0 Å². The summed E-state index contributed by atoms with van der Waals surface area (Å²) in [4.78, 5) is 20.0. The van der Waals surface area contributed by atoms with E-state index < -0.39 is 0 Å². The molecule has 6 heteroatoms. The number of amides is 1. The highest BCUT2D eigenvalue weighted by Gasteiger charge is 2.30. The molecule has 2 aliphatic rings. The van der Waals surface area contributed by atoms with Crippen LogP contribution < -0.4 is 0 Å². The van der Waals surface area contributed by atoms with Gasteiger partial charge in [0.2, 0.25) is 0 Å². The fraction of sp³-hybridized carbons (Fsp3) is 0.611. The first kappa shape index (κ1) is 15.6. The molecule has 0 bridgehead atoms. The third-order valence-electron chi connectivity index (χ3n) is 4.94. The van der Waals surface area contributed by atoms with Crippen LogP contribution in [0.5, 0.6) is 0 Å². The van der Waals surface area contributed by atoms with Gasteiger partial charge in [-0.2, -0.15) is 5.10 Å². The molecule has 2 aromatic heterocycles. The van der Waals surface area contributed by atoms with Gasteiger partial charge in [0.1, 0.15) is 0 Å². The average molecular weight is 328 g/mol. The SMILES string of the molecule is Cc1nn(C)c2nc(C3CC3)cc(C(=O)N3CCOCC(C)C3)c12. The van der Waals surface area contributed by atoms with Crippen LogP contribution in [-0.2, 0) is 11.8 Å². The predicted molar refractivity (Wildman–Crippen MR) is 91.1 cm³/mol. The maximum Gasteiger partial charge on any atom is 0.254 e. The van der Waals surface area contributed by atoms with Gasteiger partial charge >= 0.3 is 0 Å². The molecular weight excluding hydrogens is 304 g/mol. The van der Waals surface area contributed by atoms with Crippen molar-refractivity contribution in [2.75, 3.05) is 26.3 Å². The lowest BCUT2D eigenvalue weighted by Gasteiger charge is -2.22. The maximum absolute atomic E-state index is 13.3. The topological polar surface area (TPSA) is 60.2 Å². The van der Waals surface area contributed by atoms with Crippen LogP contribution in [0, 0.1) is 12.8 Å². The third kappa shape index (κ3) is 2.69. The molecule has 6 nitrogen and oxygen atoms in total. The van der Waals surface area contributed by atoms with E-state index >= 15 is 0 Å². The Morgan fingerprint density at radius 2 is 2.17 bits per heavy atom. The van der Waals surface area contributed by atoms with E-state index in [1.807, 2.05) is 24.9 Å². The van der Waals surface area contributed by atoms with Crippen molar-refractivity contribution >= 4 is 16.9 Å². The second-order valence-corrected chi connectivity index (χ2v) is 7.21. The molecule has 1 atom stereocenters. The lowest BCUT2D eigenvalue weighted by molar-refractivity contribution is 0.0740. The first-order chi connectivity index (χ1) is 11.5. The van der Waals surface area contributed by atoms with Gasteiger partial charge in [-0.15, -0.1) is 0 Å². The highest BCUT2D eigenvalue weighted by Crippen LogP contribution is 2.40. The minimum Gasteiger partial charge on any atom is -0.379 e. The zero-order valence-corrected chi connectivity index (χ0v) is 14.6. The van der Waals surface area contributed by atoms with Crippen LogP contribution in [0.15, 0.2) is 6.07 Å². The number of carbonyl (C=O) groups excluding carboxylic acids is 1. The van der Waals surface area contributed by atoms with Crippen molar-refractivity contribution in [2.45, 2.75) is 32.6 Å². The molecule has 0 radical (unpaired) electrons. The second-order valence-electron chi connectivity index (χ2n) is 7.21. The Balaban J connectivity index is 1.80. The molecule has 3 heterocycles. The molecule has 128 valence electrons. The van der Waals surface area contributed by atoms with Gasteiger partial charge in [0.15, 0.2) is 5.65 Å². The van der Waals surface area contributed by atoms with Crippen molar-refractivity contribution in [1.82, 2.24) is 19.7 Å². The van der Waals surface area contributed by atoms with Crippen molar-refractivity contribution in [3.63, 3.8) is 0 Å². The number of carbonyl (C=O) groups is 1. The zero-order chi connectivity index (χ0) is 16.8. The summed E-state index contributed by atoms with van der Waals surface area (Å²) in [5, 5.41) is 5.38. The van der Waals surface area contributed by atoms with Gasteiger partial charge in [0.05, 0.1) is 29.9 Å². The molecule has 1 saturated carbocycles. The number of nitrogens with zero attached hydrogens (tertiary/aromatic N) is 4. The van der Waals surface area contributed by atoms with Gasteiger partial charge in [-0.1, -0.05) is 6.92 Å². The fourth-order valence-electron chi connectivity index (χ4n) is 3.56. The maximum atomic E-state index is 13.3. The molecule has 1 amide bonds. The third-order valence-corrected chi connectivity index (χ3v) is 4.94. The van der Waals surface area contributed by atoms with E-state index in [-0.39, 0.29) is 5.91 Å². The van der Waals surface area contributed by atoms with E-state index in [0.717, 1.165) is 54.0 Å². The lowest BCUT2D eigenvalue weighted by atomic mass is 10.1. The van der Waals surface area contributed by atoms with Crippen LogP contribution in [0.4, 0.5) is 0 Å². The van der Waals surface area contributed by atoms with E-state index in [4.69, 9.17) is 9.72 Å². The van der Waals surface area contributed by atoms with Crippen LogP contribution in [0.2, 0.25) is 0 Å². The minimum absolute atomic E-state index is 0.0813. The molecule has 0 N–H and O–H groups in total. The summed E-state index contributed by atoms with van der Waals surface area (Å²) in [5.74, 6) is 0.937. The number of fused-ring (bicyclic) bond motifs is 1. The smallest absolute Gasteiger partial charge is 0.254 e. The van der Waals surface area contributed by atoms with E-state index in [2.05, 4.69) is 12.0 Å². The van der Waals surface area contributed by atoms with Crippen molar-refractivity contribution in [2.24, 2.45) is 13.0 Å². The van der Waals surface area contributed by atoms with Gasteiger partial charge in [-0.3, -0.25) is 9.48 Å². The molecule has 1 saturated heterocycles. The number of hydrogen-bond donors (Lipinski definition) is 0. The molecule has 1 aliphatic carbocycles. The van der Waals surface area contributed by atoms with Crippen molar-refractivity contribution in [3.05, 3.63) is 23.0 Å². The van der Waals surface area contributed by atoms with Gasteiger partial charge in [0.25, 0.3) is 5.91 Å². The number of aromatic nitrogens is 3. The van der Waals surface area contributed by atoms with Crippen molar-refractivity contribution in [1.29, 1.82) is 0 Å². The van der Waals surface area contributed by atoms with Gasteiger partial charge < -0.3 is 9.64 Å². The summed E-state index contributed by atoms with van der Waals surface area (Å²) in [6.45, 7) is 6.77. The summed E-state index contributed by atoms with van der Waals surface area (Å²) in [5.41, 5.74) is 3.47. The molecule has 0 spiro atoms. The number of aryl methyl sites for hydroxylation is 2. The van der Waals surface area contributed by atoms with Crippen LogP contribution in [0.25, 0.3) is 11.0 Å². The second kappa shape index (κ2) is 5.84. The number of hydrogen-bond acceptors (Lipinski definition) is 4. The largest absolute Gasteiger partial charge is 0.379 e. The Kier molecular flexibility index (Phi) is 3.79. The zero-order valence-electron chi connectivity index (χ0n) is 14.6. The normalized spacial score (nSPS) is 22.0. The molecular formula is C18H24N4O2. The molecule has 2 aromatic rings. The standard InChI is InChI=1S/C18H24N4O2/c1-11-9-22(6-7-24-10-11)18(23)14-8-15(13-4-5-13)19-17-16(14)12(2)20-21(17)3/h8,11,13H,4-7,9-10H2,1-3H3. The quantitative estimate of drug-likeness (QED) is 0.848. The van der Waals surface area contributed by atoms with E-state index in [1.165, 1.54) is 0 Å². The monoisotopic (exact) mass is 328 g/mol. The Bertz CT molecular complexity index is 794. The van der Waals surface area contributed by atoms with E-state index in [0.29, 0.717) is 25.0 Å². The van der Waals surface area contributed by atoms with Crippen molar-refractivity contribution in [3.8, 4) is 0 Å². The summed E-state index contributed by atoms with van der Waals surface area (Å²) >= 11 is 0. The molecule has 24 heavy (non-hydrogen) atoms. The predicted octanol–water partition coefficient (Wildman–Crippen LogP) is 2.26. The highest BCUT2D eigenvalue weighted by molar-refractivity contribution is 6.06. The number of rotatable bonds is 2. The molecule has 0 aromatic carbocycles. The summed E-state index contributed by atoms with van der Waals surface area (Å²) in [6, 6.07) is 2.01. The van der Waals surface area contributed by atoms with Crippen molar-refractivity contribution < 1.29 is 9.53 Å². The Morgan fingerprint density at radius 1 is 1.38 bits per heavy atom. The lowest BCUT2D eigenvalue weighted by Crippen LogP contribution is -2.35. The minimum atomic E-state index is 0.0813. The van der Waals surface area contributed by atoms with E-state index in [9.17, 15) is 4.79 Å². The highest BCUT2D eigenvalue weighted by atomic mass is 16.5. The summed E-state index contributed by atoms with van der Waals surface area (Å²) < 4.78 is 7.38. The molecule has 1 aliphatic heterocycles. The van der Waals surface area contributed by atoms with Gasteiger partial charge in [-0.05, 0) is 31.7 Å². The molecule has 4 rings (SSSR count). The summed E-state index contributed by atoms with van der Waals surface area (Å²) in [7, 11) is 1.90. The van der Waals surface area contributed by atoms with Crippen LogP contribution >= 0.6 is 0 Å². The molecule has 2 fully saturated rings. The Hall–Kier alpha value is -1.95. The van der Waals surface area contributed by atoms with Crippen LogP contribution in [-0.4, -0.2) is 51.9 Å². The van der Waals surface area contributed by atoms with Gasteiger partial charge in [0, 0.05) is 31.7 Å². The first-order valence-corrected chi connectivity index (χ1v) is 8.76. The van der Waals surface area contributed by atoms with Gasteiger partial charge in [-0.25, -0.2) is 4.98 Å². The Labute approximate surface area is 141 Å². The first-order valence-electron chi connectivity index (χ1n) is 8.76. The van der Waals surface area contributed by atoms with E-state index in [1.54, 1.807) is 4.68 Å². The Morgan fingerprint density at radius 3 is 2.92 bits per heavy atom.